The molecule has 0 bridgehead atoms. The van der Waals surface area contributed by atoms with E-state index in [1.165, 1.54) is 12.1 Å². The normalized spacial score (nSPS) is 11.5. The zero-order valence-corrected chi connectivity index (χ0v) is 16.4. The lowest BCUT2D eigenvalue weighted by Gasteiger charge is -2.11. The molecule has 4 rings (SSSR count). The Bertz CT molecular complexity index is 1260. The van der Waals surface area contributed by atoms with Crippen molar-refractivity contribution in [3.05, 3.63) is 83.4 Å². The first-order chi connectivity index (χ1) is 13.4. The molecule has 0 aliphatic carbocycles. The Kier molecular flexibility index (Phi) is 4.75. The molecule has 0 spiro atoms. The second-order valence-electron chi connectivity index (χ2n) is 6.23. The quantitative estimate of drug-likeness (QED) is 0.441. The van der Waals surface area contributed by atoms with E-state index in [1.807, 2.05) is 13.0 Å². The van der Waals surface area contributed by atoms with Crippen LogP contribution >= 0.6 is 11.6 Å². The van der Waals surface area contributed by atoms with E-state index in [1.54, 1.807) is 54.6 Å². The van der Waals surface area contributed by atoms with Gasteiger partial charge >= 0.3 is 10.1 Å². The molecule has 7 heteroatoms. The minimum absolute atomic E-state index is 0.0175. The Morgan fingerprint density at radius 1 is 0.857 bits per heavy atom. The number of para-hydroxylation sites is 1. The number of halogens is 1. The molecule has 0 unspecified atom stereocenters. The van der Waals surface area contributed by atoms with Crippen molar-refractivity contribution >= 4 is 32.6 Å². The summed E-state index contributed by atoms with van der Waals surface area (Å²) in [5.41, 5.74) is 2.24. The smallest absolute Gasteiger partial charge is 0.340 e. The van der Waals surface area contributed by atoms with Gasteiger partial charge in [-0.25, -0.2) is 4.98 Å². The summed E-state index contributed by atoms with van der Waals surface area (Å²) in [6.07, 6.45) is 0. The number of aromatic nitrogens is 2. The third-order valence-corrected chi connectivity index (χ3v) is 5.65. The fourth-order valence-electron chi connectivity index (χ4n) is 2.70. The summed E-state index contributed by atoms with van der Waals surface area (Å²) in [4.78, 5) is 8.96. The van der Waals surface area contributed by atoms with Crippen molar-refractivity contribution in [3.63, 3.8) is 0 Å². The van der Waals surface area contributed by atoms with Crippen molar-refractivity contribution in [1.82, 2.24) is 9.97 Å². The predicted molar refractivity (Wildman–Crippen MR) is 109 cm³/mol. The molecule has 28 heavy (non-hydrogen) atoms. The van der Waals surface area contributed by atoms with Crippen molar-refractivity contribution < 1.29 is 12.6 Å². The van der Waals surface area contributed by atoms with Gasteiger partial charge < -0.3 is 4.18 Å². The number of hydrogen-bond acceptors (Lipinski definition) is 5. The summed E-state index contributed by atoms with van der Waals surface area (Å²) in [5.74, 6) is 0.334. The van der Waals surface area contributed by atoms with Crippen LogP contribution in [0, 0.1) is 6.92 Å². The number of aryl methyl sites for hydroxylation is 1. The van der Waals surface area contributed by atoms with Gasteiger partial charge in [-0.1, -0.05) is 41.4 Å². The Hall–Kier alpha value is -2.96. The highest BCUT2D eigenvalue weighted by molar-refractivity contribution is 7.87. The van der Waals surface area contributed by atoms with E-state index in [9.17, 15) is 8.42 Å². The molecule has 3 aromatic carbocycles. The van der Waals surface area contributed by atoms with Crippen molar-refractivity contribution in [2.24, 2.45) is 0 Å². The second kappa shape index (κ2) is 7.22. The first kappa shape index (κ1) is 18.4. The molecule has 0 saturated heterocycles. The van der Waals surface area contributed by atoms with Gasteiger partial charge in [0.2, 0.25) is 5.88 Å². The molecule has 0 atom stereocenters. The van der Waals surface area contributed by atoms with Crippen LogP contribution < -0.4 is 4.18 Å². The Morgan fingerprint density at radius 3 is 2.25 bits per heavy atom. The van der Waals surface area contributed by atoms with E-state index in [-0.39, 0.29) is 10.8 Å². The Labute approximate surface area is 167 Å². The lowest BCUT2D eigenvalue weighted by molar-refractivity contribution is 0.479. The van der Waals surface area contributed by atoms with Crippen LogP contribution in [-0.4, -0.2) is 18.4 Å². The highest BCUT2D eigenvalue weighted by atomic mass is 35.5. The summed E-state index contributed by atoms with van der Waals surface area (Å²) in [6, 6.07) is 20.5. The van der Waals surface area contributed by atoms with Crippen LogP contribution in [0.4, 0.5) is 0 Å². The molecule has 0 amide bonds. The van der Waals surface area contributed by atoms with Gasteiger partial charge in [-0.05, 0) is 55.5 Å². The summed E-state index contributed by atoms with van der Waals surface area (Å²) in [7, 11) is -4.04. The Balaban J connectivity index is 1.83. The van der Waals surface area contributed by atoms with Crippen LogP contribution in [0.25, 0.3) is 22.3 Å². The van der Waals surface area contributed by atoms with E-state index >= 15 is 0 Å². The first-order valence-corrected chi connectivity index (χ1v) is 10.2. The minimum Gasteiger partial charge on any atom is -0.357 e. The minimum atomic E-state index is -4.04. The van der Waals surface area contributed by atoms with Crippen LogP contribution in [0.15, 0.2) is 77.7 Å². The lowest BCUT2D eigenvalue weighted by atomic mass is 10.2. The molecule has 0 saturated carbocycles. The van der Waals surface area contributed by atoms with Gasteiger partial charge in [0.15, 0.2) is 5.82 Å². The van der Waals surface area contributed by atoms with Crippen LogP contribution in [0.5, 0.6) is 5.88 Å². The number of nitrogens with zero attached hydrogens (tertiary/aromatic N) is 2. The van der Waals surface area contributed by atoms with E-state index in [0.717, 1.165) is 5.56 Å². The lowest BCUT2D eigenvalue weighted by Crippen LogP contribution is -2.11. The Morgan fingerprint density at radius 2 is 1.54 bits per heavy atom. The van der Waals surface area contributed by atoms with Crippen molar-refractivity contribution in [1.29, 1.82) is 0 Å². The number of rotatable bonds is 4. The van der Waals surface area contributed by atoms with Gasteiger partial charge in [0.1, 0.15) is 4.90 Å². The molecule has 1 aromatic heterocycles. The third kappa shape index (κ3) is 3.69. The average Bonchev–Trinajstić information content (AvgIpc) is 2.68. The maximum absolute atomic E-state index is 12.7. The molecule has 4 aromatic rings. The molecule has 0 fully saturated rings. The van der Waals surface area contributed by atoms with Crippen LogP contribution in [0.3, 0.4) is 0 Å². The summed E-state index contributed by atoms with van der Waals surface area (Å²) in [6.45, 7) is 1.88. The topological polar surface area (TPSA) is 69.2 Å². The fourth-order valence-corrected chi connectivity index (χ4v) is 3.72. The molecule has 140 valence electrons. The maximum atomic E-state index is 12.7. The molecule has 0 N–H and O–H groups in total. The third-order valence-electron chi connectivity index (χ3n) is 4.17. The van der Waals surface area contributed by atoms with Gasteiger partial charge in [0.05, 0.1) is 10.9 Å². The maximum Gasteiger partial charge on any atom is 0.340 e. The summed E-state index contributed by atoms with van der Waals surface area (Å²) < 4.78 is 30.9. The van der Waals surface area contributed by atoms with Crippen LogP contribution in [0.1, 0.15) is 5.56 Å². The van der Waals surface area contributed by atoms with Crippen molar-refractivity contribution in [2.45, 2.75) is 11.8 Å². The largest absolute Gasteiger partial charge is 0.357 e. The molecule has 0 radical (unpaired) electrons. The molecule has 0 aliphatic heterocycles. The van der Waals surface area contributed by atoms with E-state index in [0.29, 0.717) is 27.3 Å². The zero-order chi connectivity index (χ0) is 19.7. The molecule has 5 nitrogen and oxygen atoms in total. The van der Waals surface area contributed by atoms with E-state index < -0.39 is 10.1 Å². The SMILES string of the molecule is Cc1ccc(S(=O)(=O)Oc2nc(-c3ccc(Cl)cc3)nc3ccccc23)cc1. The predicted octanol–water partition coefficient (Wildman–Crippen LogP) is 5.03. The second-order valence-corrected chi connectivity index (χ2v) is 8.21. The number of hydrogen-bond donors (Lipinski definition) is 0. The monoisotopic (exact) mass is 410 g/mol. The summed E-state index contributed by atoms with van der Waals surface area (Å²) >= 11 is 5.95. The van der Waals surface area contributed by atoms with E-state index in [4.69, 9.17) is 15.8 Å². The average molecular weight is 411 g/mol. The summed E-state index contributed by atoms with van der Waals surface area (Å²) in [5, 5.41) is 1.10. The molecule has 1 heterocycles. The molecule has 0 aliphatic rings. The standard InChI is InChI=1S/C21H15ClN2O3S/c1-14-6-12-17(13-7-14)28(25,26)27-21-18-4-2-3-5-19(18)23-20(24-21)15-8-10-16(22)11-9-15/h2-13H,1H3. The van der Waals surface area contributed by atoms with Gasteiger partial charge in [-0.15, -0.1) is 0 Å². The van der Waals surface area contributed by atoms with Gasteiger partial charge in [-0.2, -0.15) is 13.4 Å². The van der Waals surface area contributed by atoms with Gasteiger partial charge in [0.25, 0.3) is 0 Å². The highest BCUT2D eigenvalue weighted by Gasteiger charge is 2.20. The molecular formula is C21H15ClN2O3S. The zero-order valence-electron chi connectivity index (χ0n) is 14.8. The highest BCUT2D eigenvalue weighted by Crippen LogP contribution is 2.29. The van der Waals surface area contributed by atoms with Crippen LogP contribution in [0.2, 0.25) is 5.02 Å². The number of benzene rings is 3. The molecular weight excluding hydrogens is 396 g/mol. The fraction of sp³-hybridized carbons (Fsp3) is 0.0476. The van der Waals surface area contributed by atoms with E-state index in [2.05, 4.69) is 9.97 Å². The van der Waals surface area contributed by atoms with Gasteiger partial charge in [-0.3, -0.25) is 0 Å². The first-order valence-electron chi connectivity index (χ1n) is 8.46. The van der Waals surface area contributed by atoms with Crippen molar-refractivity contribution in [3.8, 4) is 17.3 Å². The van der Waals surface area contributed by atoms with Crippen LogP contribution in [-0.2, 0) is 10.1 Å². The van der Waals surface area contributed by atoms with Crippen molar-refractivity contribution in [2.75, 3.05) is 0 Å². The number of fused-ring (bicyclic) bond motifs is 1. The van der Waals surface area contributed by atoms with Gasteiger partial charge in [0, 0.05) is 10.6 Å².